The molecule has 1 atom stereocenters. The molecule has 0 aliphatic carbocycles. The van der Waals surface area contributed by atoms with Crippen LogP contribution in [0.2, 0.25) is 0 Å². The lowest BCUT2D eigenvalue weighted by Gasteiger charge is -2.32. The van der Waals surface area contributed by atoms with E-state index in [2.05, 4.69) is 4.99 Å². The van der Waals surface area contributed by atoms with Gasteiger partial charge in [-0.2, -0.15) is 0 Å². The van der Waals surface area contributed by atoms with Crippen LogP contribution in [0, 0.1) is 0 Å². The number of hydrogen-bond acceptors (Lipinski definition) is 3. The molecule has 1 radical (unpaired) electrons. The van der Waals surface area contributed by atoms with Crippen LogP contribution in [0.15, 0.2) is 4.99 Å². The van der Waals surface area contributed by atoms with Gasteiger partial charge in [-0.05, 0) is 27.7 Å². The minimum absolute atomic E-state index is 0.239. The van der Waals surface area contributed by atoms with E-state index in [9.17, 15) is 5.21 Å². The Hall–Kier alpha value is -0.450. The molecule has 12 heavy (non-hydrogen) atoms. The first-order chi connectivity index (χ1) is 5.34. The molecule has 4 heteroatoms. The van der Waals surface area contributed by atoms with E-state index in [0.717, 1.165) is 10.8 Å². The fraction of sp³-hybridized carbons (Fsp3) is 0.875. The summed E-state index contributed by atoms with van der Waals surface area (Å²) in [4.78, 5) is 4.15. The minimum atomic E-state index is -0.979. The third kappa shape index (κ3) is 1.07. The van der Waals surface area contributed by atoms with Crippen LogP contribution in [0.3, 0.4) is 0 Å². The normalized spacial score (nSPS) is 35.3. The van der Waals surface area contributed by atoms with Gasteiger partial charge < -0.3 is 5.11 Å². The van der Waals surface area contributed by atoms with E-state index >= 15 is 0 Å². The Morgan fingerprint density at radius 3 is 2.17 bits per heavy atom. The molecule has 1 aliphatic rings. The van der Waals surface area contributed by atoms with Gasteiger partial charge in [-0.15, -0.1) is 10.3 Å². The Kier molecular flexibility index (Phi) is 2.02. The molecular formula is C8H15N2O2. The Labute approximate surface area is 72.5 Å². The van der Waals surface area contributed by atoms with Crippen LogP contribution >= 0.6 is 0 Å². The van der Waals surface area contributed by atoms with Crippen LogP contribution in [-0.2, 0) is 5.21 Å². The molecule has 0 aromatic heterocycles. The highest BCUT2D eigenvalue weighted by Crippen LogP contribution is 2.32. The SMILES string of the molecule is CC1=NC(C)(CO)N([O])C1(C)C. The molecule has 0 amide bonds. The van der Waals surface area contributed by atoms with Crippen LogP contribution in [0.4, 0.5) is 0 Å². The Morgan fingerprint density at radius 1 is 1.50 bits per heavy atom. The van der Waals surface area contributed by atoms with Crippen molar-refractivity contribution in [2.24, 2.45) is 4.99 Å². The number of aliphatic hydroxyl groups excluding tert-OH is 1. The molecule has 1 N–H and O–H groups in total. The summed E-state index contributed by atoms with van der Waals surface area (Å²) in [5.74, 6) is 0. The fourth-order valence-corrected chi connectivity index (χ4v) is 1.39. The second kappa shape index (κ2) is 2.52. The highest BCUT2D eigenvalue weighted by Gasteiger charge is 2.48. The van der Waals surface area contributed by atoms with Gasteiger partial charge in [-0.3, -0.25) is 4.99 Å². The quantitative estimate of drug-likeness (QED) is 0.628. The average Bonchev–Trinajstić information content (AvgIpc) is 2.14. The summed E-state index contributed by atoms with van der Waals surface area (Å²) >= 11 is 0. The maximum atomic E-state index is 11.6. The van der Waals surface area contributed by atoms with Gasteiger partial charge in [-0.25, -0.2) is 0 Å². The van der Waals surface area contributed by atoms with Gasteiger partial charge in [0, 0.05) is 5.71 Å². The Morgan fingerprint density at radius 2 is 2.00 bits per heavy atom. The molecule has 0 fully saturated rings. The van der Waals surface area contributed by atoms with Crippen molar-refractivity contribution in [2.45, 2.75) is 38.9 Å². The number of nitrogens with zero attached hydrogens (tertiary/aromatic N) is 2. The lowest BCUT2D eigenvalue weighted by atomic mass is 10.00. The van der Waals surface area contributed by atoms with E-state index in [-0.39, 0.29) is 6.61 Å². The predicted octanol–water partition coefficient (Wildman–Crippen LogP) is 0.596. The summed E-state index contributed by atoms with van der Waals surface area (Å²) in [5.41, 5.74) is -0.792. The van der Waals surface area contributed by atoms with Gasteiger partial charge in [0.05, 0.1) is 12.1 Å². The molecule has 1 aliphatic heterocycles. The van der Waals surface area contributed by atoms with E-state index < -0.39 is 11.2 Å². The van der Waals surface area contributed by atoms with Gasteiger partial charge in [-0.1, -0.05) is 0 Å². The smallest absolute Gasteiger partial charge is 0.159 e. The highest BCUT2D eigenvalue weighted by molar-refractivity contribution is 5.92. The third-order valence-corrected chi connectivity index (χ3v) is 2.54. The van der Waals surface area contributed by atoms with Crippen molar-refractivity contribution in [3.63, 3.8) is 0 Å². The molecule has 0 aromatic carbocycles. The molecule has 1 heterocycles. The molecule has 0 saturated carbocycles. The van der Waals surface area contributed by atoms with Gasteiger partial charge in [0.15, 0.2) is 5.66 Å². The molecule has 0 bridgehead atoms. The average molecular weight is 171 g/mol. The van der Waals surface area contributed by atoms with Crippen LogP contribution in [0.5, 0.6) is 0 Å². The summed E-state index contributed by atoms with van der Waals surface area (Å²) in [6, 6.07) is 0. The number of rotatable bonds is 1. The van der Waals surface area contributed by atoms with Gasteiger partial charge in [0.1, 0.15) is 0 Å². The zero-order valence-corrected chi connectivity index (χ0v) is 7.96. The van der Waals surface area contributed by atoms with Crippen LogP contribution in [-0.4, -0.2) is 33.7 Å². The summed E-state index contributed by atoms with van der Waals surface area (Å²) < 4.78 is 0. The van der Waals surface area contributed by atoms with Crippen molar-refractivity contribution in [3.05, 3.63) is 0 Å². The number of aliphatic imine (C=N–C) groups is 1. The van der Waals surface area contributed by atoms with E-state index in [4.69, 9.17) is 5.11 Å². The lowest BCUT2D eigenvalue weighted by Crippen LogP contribution is -2.51. The number of hydrogen-bond donors (Lipinski definition) is 1. The molecule has 1 rings (SSSR count). The van der Waals surface area contributed by atoms with Crippen molar-refractivity contribution < 1.29 is 10.3 Å². The predicted molar refractivity (Wildman–Crippen MR) is 45.2 cm³/mol. The molecule has 4 nitrogen and oxygen atoms in total. The van der Waals surface area contributed by atoms with E-state index in [1.807, 2.05) is 6.92 Å². The maximum absolute atomic E-state index is 11.6. The maximum Gasteiger partial charge on any atom is 0.159 e. The molecule has 69 valence electrons. The minimum Gasteiger partial charge on any atom is -0.392 e. The highest BCUT2D eigenvalue weighted by atomic mass is 16.5. The number of aliphatic hydroxyl groups is 1. The largest absolute Gasteiger partial charge is 0.392 e. The number of hydroxylamine groups is 2. The van der Waals surface area contributed by atoms with Gasteiger partial charge >= 0.3 is 0 Å². The Bertz CT molecular complexity index is 225. The third-order valence-electron chi connectivity index (χ3n) is 2.54. The first kappa shape index (κ1) is 9.64. The van der Waals surface area contributed by atoms with Crippen molar-refractivity contribution in [1.29, 1.82) is 0 Å². The standard InChI is InChI=1S/C8H15N2O2/c1-6-7(2,3)10(12)8(4,5-11)9-6/h11H,5H2,1-4H3. The van der Waals surface area contributed by atoms with Crippen molar-refractivity contribution >= 4 is 5.71 Å². The lowest BCUT2D eigenvalue weighted by molar-refractivity contribution is -0.253. The second-order valence-electron chi connectivity index (χ2n) is 3.93. The van der Waals surface area contributed by atoms with Gasteiger partial charge in [0.2, 0.25) is 0 Å². The zero-order chi connectivity index (χ0) is 9.57. The van der Waals surface area contributed by atoms with Crippen LogP contribution in [0.1, 0.15) is 27.7 Å². The first-order valence-corrected chi connectivity index (χ1v) is 4.00. The second-order valence-corrected chi connectivity index (χ2v) is 3.93. The van der Waals surface area contributed by atoms with Crippen LogP contribution < -0.4 is 0 Å². The van der Waals surface area contributed by atoms with E-state index in [1.165, 1.54) is 0 Å². The van der Waals surface area contributed by atoms with Crippen molar-refractivity contribution in [1.82, 2.24) is 5.06 Å². The molecule has 0 saturated heterocycles. The Balaban J connectivity index is 3.03. The monoisotopic (exact) mass is 171 g/mol. The van der Waals surface area contributed by atoms with Crippen LogP contribution in [0.25, 0.3) is 0 Å². The molecule has 1 unspecified atom stereocenters. The topological polar surface area (TPSA) is 55.7 Å². The summed E-state index contributed by atoms with van der Waals surface area (Å²) in [6.07, 6.45) is 0. The molecule has 0 aromatic rings. The van der Waals surface area contributed by atoms with Gasteiger partial charge in [0.25, 0.3) is 0 Å². The summed E-state index contributed by atoms with van der Waals surface area (Å²) in [5, 5.41) is 21.5. The summed E-state index contributed by atoms with van der Waals surface area (Å²) in [7, 11) is 0. The van der Waals surface area contributed by atoms with Crippen molar-refractivity contribution in [3.8, 4) is 0 Å². The fourth-order valence-electron chi connectivity index (χ4n) is 1.39. The van der Waals surface area contributed by atoms with Crippen molar-refractivity contribution in [2.75, 3.05) is 6.61 Å². The molecular weight excluding hydrogens is 156 g/mol. The summed E-state index contributed by atoms with van der Waals surface area (Å²) in [6.45, 7) is 6.82. The zero-order valence-electron chi connectivity index (χ0n) is 7.96. The molecule has 0 spiro atoms. The van der Waals surface area contributed by atoms with E-state index in [1.54, 1.807) is 20.8 Å². The first-order valence-electron chi connectivity index (χ1n) is 4.00. The van der Waals surface area contributed by atoms with E-state index in [0.29, 0.717) is 0 Å².